The summed E-state index contributed by atoms with van der Waals surface area (Å²) in [6.07, 6.45) is 10.8. The fourth-order valence-corrected chi connectivity index (χ4v) is 12.7. The van der Waals surface area contributed by atoms with Crippen LogP contribution in [0.1, 0.15) is 78.1 Å². The van der Waals surface area contributed by atoms with E-state index in [-0.39, 0.29) is 0 Å². The van der Waals surface area contributed by atoms with Gasteiger partial charge >= 0.3 is 0 Å². The number of benzene rings is 7. The molecule has 0 radical (unpaired) electrons. The summed E-state index contributed by atoms with van der Waals surface area (Å²) in [6.45, 7) is 30.1. The molecule has 0 atom stereocenters. The summed E-state index contributed by atoms with van der Waals surface area (Å²) in [5, 5.41) is 10.3. The lowest BCUT2D eigenvalue weighted by Crippen LogP contribution is -1.89. The molecule has 0 unspecified atom stereocenters. The molecule has 440 valence electrons. The van der Waals surface area contributed by atoms with E-state index < -0.39 is 0 Å². The Kier molecular flexibility index (Phi) is 19.4. The molecule has 0 N–H and O–H groups in total. The van der Waals surface area contributed by atoms with Crippen molar-refractivity contribution in [1.82, 2.24) is 32.0 Å². The molecule has 0 amide bonds. The lowest BCUT2D eigenvalue weighted by atomic mass is 10.1. The Labute approximate surface area is 510 Å². The molecule has 0 bridgehead atoms. The quantitative estimate of drug-likeness (QED) is 0.145. The van der Waals surface area contributed by atoms with E-state index in [4.69, 9.17) is 11.6 Å². The monoisotopic (exact) mass is 1150 g/mol. The smallest absolute Gasteiger partial charge is 0.0510 e. The Bertz CT molecular complexity index is 4350. The SMILES string of the molecule is Cc1c(C)n(C)c2ccccc12.Cc1ccc2c(C)cn(C)c2c1.Cc1ccc2c(c1)c(C)c(C)n2C.Cc1ccc2c(c1)c(C)cn2C.Cc1cccc2c1c(C)cn2C.Cc1cn(C)c2c(C)cccc12.Cc1cn(C)c2cccc(Cl)c12. The van der Waals surface area contributed by atoms with Gasteiger partial charge in [-0.25, -0.2) is 0 Å². The summed E-state index contributed by atoms with van der Waals surface area (Å²) >= 11 is 6.06. The molecule has 14 rings (SSSR count). The number of nitrogens with zero attached hydrogens (tertiary/aromatic N) is 7. The van der Waals surface area contributed by atoms with E-state index in [1.165, 1.54) is 154 Å². The third-order valence-corrected chi connectivity index (χ3v) is 17.7. The molecule has 0 saturated heterocycles. The molecule has 0 aliphatic rings. The summed E-state index contributed by atoms with van der Waals surface area (Å²) in [5.74, 6) is 0. The molecule has 8 heteroatoms. The number of rotatable bonds is 0. The maximum absolute atomic E-state index is 6.06. The first-order valence-electron chi connectivity index (χ1n) is 29.6. The van der Waals surface area contributed by atoms with Gasteiger partial charge in [0.05, 0.1) is 10.5 Å². The van der Waals surface area contributed by atoms with Crippen molar-refractivity contribution >= 4 is 87.9 Å². The molecule has 7 aromatic carbocycles. The summed E-state index contributed by atoms with van der Waals surface area (Å²) in [5.41, 5.74) is 28.1. The number of hydrogen-bond acceptors (Lipinski definition) is 0. The minimum Gasteiger partial charge on any atom is -0.350 e. The van der Waals surface area contributed by atoms with Gasteiger partial charge in [0, 0.05) is 163 Å². The van der Waals surface area contributed by atoms with Gasteiger partial charge in [0.15, 0.2) is 0 Å². The van der Waals surface area contributed by atoms with E-state index in [1.54, 1.807) is 0 Å². The number of halogens is 1. The predicted molar refractivity (Wildman–Crippen MR) is 372 cm³/mol. The molecule has 0 aliphatic carbocycles. The third kappa shape index (κ3) is 13.3. The van der Waals surface area contributed by atoms with E-state index in [1.807, 2.05) is 19.2 Å². The van der Waals surface area contributed by atoms with Crippen molar-refractivity contribution in [3.63, 3.8) is 0 Å². The van der Waals surface area contributed by atoms with Crippen molar-refractivity contribution in [2.45, 2.75) is 96.9 Å². The first-order chi connectivity index (χ1) is 40.3. The van der Waals surface area contributed by atoms with Crippen LogP contribution in [0.4, 0.5) is 0 Å². The maximum Gasteiger partial charge on any atom is 0.0510 e. The van der Waals surface area contributed by atoms with E-state index >= 15 is 0 Å². The Balaban J connectivity index is 0.000000129. The van der Waals surface area contributed by atoms with Gasteiger partial charge in [-0.3, -0.25) is 0 Å². The van der Waals surface area contributed by atoms with Gasteiger partial charge in [0.25, 0.3) is 0 Å². The lowest BCUT2D eigenvalue weighted by molar-refractivity contribution is 0.910. The Morgan fingerprint density at radius 3 is 1.28 bits per heavy atom. The number of hydrogen-bond donors (Lipinski definition) is 0. The second-order valence-corrected chi connectivity index (χ2v) is 24.2. The highest BCUT2D eigenvalue weighted by molar-refractivity contribution is 6.35. The molecule has 0 fully saturated rings. The van der Waals surface area contributed by atoms with Gasteiger partial charge in [0.2, 0.25) is 0 Å². The Morgan fingerprint density at radius 1 is 0.271 bits per heavy atom. The standard InChI is InChI=1S/C12H15N.5C11H13N.C10H10ClN/c1-8-5-6-12-11(7-8)9(2)10(3)13(12)4;1-8-4-5-11-10(6-8)9(2)7-12(11)3;1-8-4-5-10-9(2)7-12(3)11(10)6-8;1-8-5-4-6-10-11(8)9(2)7-12(10)3;1-8-5-4-6-10-9(2)7-12(3)11(8)10;1-8-9(2)12(3)11-7-5-4-6-10(8)11;1-7-6-12(2)9-5-3-4-8(11)10(7)9/h5-7H,1-4H3;5*4-7H,1-3H3;3-6H,1-2H3. The number of aryl methyl sites for hydroxylation is 19. The van der Waals surface area contributed by atoms with Crippen LogP contribution in [0.25, 0.3) is 76.3 Å². The highest BCUT2D eigenvalue weighted by Gasteiger charge is 2.10. The van der Waals surface area contributed by atoms with Gasteiger partial charge in [0.1, 0.15) is 0 Å². The molecular formula is C77H90ClN7. The maximum atomic E-state index is 6.06. The van der Waals surface area contributed by atoms with Crippen LogP contribution in [-0.2, 0) is 49.3 Å². The molecule has 0 aliphatic heterocycles. The van der Waals surface area contributed by atoms with E-state index in [9.17, 15) is 0 Å². The van der Waals surface area contributed by atoms with Crippen LogP contribution >= 0.6 is 11.6 Å². The Morgan fingerprint density at radius 2 is 0.682 bits per heavy atom. The number of para-hydroxylation sites is 2. The van der Waals surface area contributed by atoms with Crippen molar-refractivity contribution in [1.29, 1.82) is 0 Å². The van der Waals surface area contributed by atoms with Crippen LogP contribution in [0.5, 0.6) is 0 Å². The molecule has 14 aromatic rings. The Hall–Kier alpha value is -8.39. The summed E-state index contributed by atoms with van der Waals surface area (Å²) in [7, 11) is 14.6. The second-order valence-electron chi connectivity index (χ2n) is 23.8. The van der Waals surface area contributed by atoms with Gasteiger partial charge in [-0.05, 0) is 207 Å². The zero-order valence-electron chi connectivity index (χ0n) is 54.6. The highest BCUT2D eigenvalue weighted by Crippen LogP contribution is 2.29. The van der Waals surface area contributed by atoms with Crippen LogP contribution in [0.3, 0.4) is 0 Å². The fourth-order valence-electron chi connectivity index (χ4n) is 12.4. The van der Waals surface area contributed by atoms with Gasteiger partial charge in [-0.1, -0.05) is 102 Å². The van der Waals surface area contributed by atoms with Crippen molar-refractivity contribution in [3.05, 3.63) is 248 Å². The molecular weight excluding hydrogens is 1060 g/mol. The third-order valence-electron chi connectivity index (χ3n) is 17.3. The average Bonchev–Trinajstić information content (AvgIpc) is 3.15. The molecule has 7 nitrogen and oxygen atoms in total. The normalized spacial score (nSPS) is 10.9. The van der Waals surface area contributed by atoms with Crippen molar-refractivity contribution in [2.75, 3.05) is 0 Å². The first kappa shape index (κ1) is 62.7. The largest absolute Gasteiger partial charge is 0.350 e. The van der Waals surface area contributed by atoms with Crippen molar-refractivity contribution in [2.24, 2.45) is 49.3 Å². The van der Waals surface area contributed by atoms with E-state index in [0.29, 0.717) is 0 Å². The summed E-state index contributed by atoms with van der Waals surface area (Å²) < 4.78 is 15.3. The first-order valence-corrected chi connectivity index (χ1v) is 30.0. The minimum absolute atomic E-state index is 0.839. The topological polar surface area (TPSA) is 34.5 Å². The molecule has 0 spiro atoms. The van der Waals surface area contributed by atoms with Crippen molar-refractivity contribution < 1.29 is 0 Å². The average molecular weight is 1150 g/mol. The van der Waals surface area contributed by atoms with Crippen LogP contribution in [0.2, 0.25) is 5.02 Å². The zero-order valence-corrected chi connectivity index (χ0v) is 55.4. The lowest BCUT2D eigenvalue weighted by Gasteiger charge is -1.99. The van der Waals surface area contributed by atoms with E-state index in [2.05, 4.69) is 323 Å². The van der Waals surface area contributed by atoms with Gasteiger partial charge in [-0.2, -0.15) is 0 Å². The van der Waals surface area contributed by atoms with Crippen LogP contribution < -0.4 is 0 Å². The van der Waals surface area contributed by atoms with E-state index in [0.717, 1.165) is 5.02 Å². The predicted octanol–water partition coefficient (Wildman–Crippen LogP) is 20.2. The van der Waals surface area contributed by atoms with Crippen LogP contribution in [-0.4, -0.2) is 32.0 Å². The zero-order chi connectivity index (χ0) is 61.9. The van der Waals surface area contributed by atoms with Gasteiger partial charge < -0.3 is 32.0 Å². The van der Waals surface area contributed by atoms with Crippen molar-refractivity contribution in [3.8, 4) is 0 Å². The molecule has 7 aromatic heterocycles. The summed E-state index contributed by atoms with van der Waals surface area (Å²) in [4.78, 5) is 0. The molecule has 0 saturated carbocycles. The van der Waals surface area contributed by atoms with Crippen LogP contribution in [0.15, 0.2) is 164 Å². The molecule has 7 heterocycles. The van der Waals surface area contributed by atoms with Crippen LogP contribution in [0, 0.1) is 96.9 Å². The number of fused-ring (bicyclic) bond motifs is 7. The molecule has 85 heavy (non-hydrogen) atoms. The second kappa shape index (κ2) is 26.3. The fraction of sp³-hybridized carbons (Fsp3) is 0.273. The van der Waals surface area contributed by atoms with Gasteiger partial charge in [-0.15, -0.1) is 0 Å². The summed E-state index contributed by atoms with van der Waals surface area (Å²) in [6, 6.07) is 47.2. The minimum atomic E-state index is 0.839. The number of aromatic nitrogens is 7. The highest BCUT2D eigenvalue weighted by atomic mass is 35.5.